The second kappa shape index (κ2) is 7.52. The number of hydrogen-bond acceptors (Lipinski definition) is 3. The van der Waals surface area contributed by atoms with E-state index in [2.05, 4.69) is 10.6 Å². The quantitative estimate of drug-likeness (QED) is 0.719. The lowest BCUT2D eigenvalue weighted by atomic mass is 9.93. The van der Waals surface area contributed by atoms with Crippen LogP contribution in [0.1, 0.15) is 32.3 Å². The van der Waals surface area contributed by atoms with Crippen LogP contribution in [0.2, 0.25) is 0 Å². The van der Waals surface area contributed by atoms with E-state index in [1.54, 1.807) is 33.1 Å². The van der Waals surface area contributed by atoms with Crippen LogP contribution in [0.5, 0.6) is 5.75 Å². The zero-order valence-corrected chi connectivity index (χ0v) is 12.6. The molecule has 1 aromatic carbocycles. The number of carboxylic acids is 1. The van der Waals surface area contributed by atoms with Crippen molar-refractivity contribution in [3.05, 3.63) is 29.8 Å². The summed E-state index contributed by atoms with van der Waals surface area (Å²) in [6.07, 6.45) is 0.656. The minimum Gasteiger partial charge on any atom is -0.497 e. The lowest BCUT2D eigenvalue weighted by molar-refractivity contribution is -0.144. The van der Waals surface area contributed by atoms with Gasteiger partial charge in [0.2, 0.25) is 0 Å². The highest BCUT2D eigenvalue weighted by Gasteiger charge is 2.36. The van der Waals surface area contributed by atoms with Gasteiger partial charge in [0.1, 0.15) is 11.3 Å². The molecule has 0 aliphatic rings. The lowest BCUT2D eigenvalue weighted by Crippen LogP contribution is -2.56. The van der Waals surface area contributed by atoms with Crippen molar-refractivity contribution in [3.63, 3.8) is 0 Å². The third kappa shape index (κ3) is 4.37. The third-order valence-corrected chi connectivity index (χ3v) is 3.58. The number of carboxylic acid groups (broad SMARTS) is 1. The van der Waals surface area contributed by atoms with Crippen LogP contribution in [0, 0.1) is 0 Å². The highest BCUT2D eigenvalue weighted by atomic mass is 16.5. The number of rotatable bonds is 7. The molecular weight excluding hydrogens is 272 g/mol. The monoisotopic (exact) mass is 294 g/mol. The zero-order chi connectivity index (χ0) is 15.9. The van der Waals surface area contributed by atoms with Gasteiger partial charge in [0.05, 0.1) is 7.11 Å². The van der Waals surface area contributed by atoms with Gasteiger partial charge in [0.15, 0.2) is 0 Å². The molecule has 2 amide bonds. The largest absolute Gasteiger partial charge is 0.497 e. The highest BCUT2D eigenvalue weighted by molar-refractivity contribution is 5.86. The standard InChI is InChI=1S/C15H22N2O4/c1-4-15(5-2,13(18)19)17-14(20)16-10-11-6-8-12(21-3)9-7-11/h6-9H,4-5,10H2,1-3H3,(H,18,19)(H2,16,17,20). The molecule has 116 valence electrons. The SMILES string of the molecule is CCC(CC)(NC(=O)NCc1ccc(OC)cc1)C(=O)O. The van der Waals surface area contributed by atoms with Gasteiger partial charge in [-0.3, -0.25) is 0 Å². The molecule has 1 aromatic rings. The van der Waals surface area contributed by atoms with Gasteiger partial charge >= 0.3 is 12.0 Å². The van der Waals surface area contributed by atoms with Crippen LogP contribution in [0.25, 0.3) is 0 Å². The fourth-order valence-corrected chi connectivity index (χ4v) is 1.97. The summed E-state index contributed by atoms with van der Waals surface area (Å²) in [6.45, 7) is 3.79. The second-order valence-corrected chi connectivity index (χ2v) is 4.75. The molecule has 0 aliphatic carbocycles. The van der Waals surface area contributed by atoms with Crippen LogP contribution in [0.15, 0.2) is 24.3 Å². The van der Waals surface area contributed by atoms with E-state index < -0.39 is 17.5 Å². The van der Waals surface area contributed by atoms with Gasteiger partial charge in [-0.05, 0) is 30.5 Å². The molecule has 0 fully saturated rings. The van der Waals surface area contributed by atoms with Crippen molar-refractivity contribution >= 4 is 12.0 Å². The summed E-state index contributed by atoms with van der Waals surface area (Å²) in [5.41, 5.74) is -0.316. The number of urea groups is 1. The number of hydrogen-bond donors (Lipinski definition) is 3. The van der Waals surface area contributed by atoms with Crippen LogP contribution in [-0.2, 0) is 11.3 Å². The number of amides is 2. The van der Waals surface area contributed by atoms with Gasteiger partial charge in [-0.2, -0.15) is 0 Å². The Morgan fingerprint density at radius 3 is 2.19 bits per heavy atom. The Hall–Kier alpha value is -2.24. The van der Waals surface area contributed by atoms with E-state index >= 15 is 0 Å². The molecule has 0 saturated carbocycles. The van der Waals surface area contributed by atoms with E-state index in [1.807, 2.05) is 12.1 Å². The molecule has 0 unspecified atom stereocenters. The summed E-state index contributed by atoms with van der Waals surface area (Å²) >= 11 is 0. The molecule has 0 heterocycles. The number of nitrogens with one attached hydrogen (secondary N) is 2. The summed E-state index contributed by atoms with van der Waals surface area (Å²) < 4.78 is 5.05. The van der Waals surface area contributed by atoms with Crippen LogP contribution in [-0.4, -0.2) is 29.8 Å². The molecule has 0 aromatic heterocycles. The summed E-state index contributed by atoms with van der Waals surface area (Å²) in [4.78, 5) is 23.2. The molecule has 1 rings (SSSR count). The first kappa shape index (κ1) is 16.8. The van der Waals surface area contributed by atoms with E-state index in [0.29, 0.717) is 19.4 Å². The summed E-state index contributed by atoms with van der Waals surface area (Å²) in [7, 11) is 1.59. The van der Waals surface area contributed by atoms with Crippen LogP contribution in [0.3, 0.4) is 0 Å². The maximum Gasteiger partial charge on any atom is 0.329 e. The van der Waals surface area contributed by atoms with Gasteiger partial charge in [-0.15, -0.1) is 0 Å². The molecule has 0 saturated heterocycles. The molecule has 0 atom stereocenters. The number of carbonyl (C=O) groups excluding carboxylic acids is 1. The lowest BCUT2D eigenvalue weighted by Gasteiger charge is -2.28. The predicted molar refractivity (Wildman–Crippen MR) is 79.3 cm³/mol. The van der Waals surface area contributed by atoms with E-state index in [4.69, 9.17) is 4.74 Å². The predicted octanol–water partition coefficient (Wildman–Crippen LogP) is 2.14. The molecule has 3 N–H and O–H groups in total. The summed E-state index contributed by atoms with van der Waals surface area (Å²) in [6, 6.07) is 6.78. The van der Waals surface area contributed by atoms with Gasteiger partial charge in [-0.1, -0.05) is 26.0 Å². The smallest absolute Gasteiger partial charge is 0.329 e. The van der Waals surface area contributed by atoms with Crippen molar-refractivity contribution in [1.29, 1.82) is 0 Å². The molecule has 6 nitrogen and oxygen atoms in total. The Bertz CT molecular complexity index is 481. The molecule has 6 heteroatoms. The van der Waals surface area contributed by atoms with Crippen molar-refractivity contribution in [3.8, 4) is 5.75 Å². The van der Waals surface area contributed by atoms with E-state index in [9.17, 15) is 14.7 Å². The minimum absolute atomic E-state index is 0.318. The van der Waals surface area contributed by atoms with E-state index in [-0.39, 0.29) is 0 Å². The topological polar surface area (TPSA) is 87.7 Å². The molecule has 0 radical (unpaired) electrons. The molecular formula is C15H22N2O4. The van der Waals surface area contributed by atoms with E-state index in [0.717, 1.165) is 11.3 Å². The maximum absolute atomic E-state index is 11.9. The van der Waals surface area contributed by atoms with Crippen molar-refractivity contribution in [1.82, 2.24) is 10.6 Å². The molecule has 0 spiro atoms. The van der Waals surface area contributed by atoms with Crippen molar-refractivity contribution in [2.24, 2.45) is 0 Å². The fraction of sp³-hybridized carbons (Fsp3) is 0.467. The number of aliphatic carboxylic acids is 1. The Morgan fingerprint density at radius 1 is 1.19 bits per heavy atom. The second-order valence-electron chi connectivity index (χ2n) is 4.75. The molecule has 0 aliphatic heterocycles. The first-order valence-corrected chi connectivity index (χ1v) is 6.89. The molecule has 21 heavy (non-hydrogen) atoms. The zero-order valence-electron chi connectivity index (χ0n) is 12.6. The van der Waals surface area contributed by atoms with Crippen molar-refractivity contribution in [2.75, 3.05) is 7.11 Å². The highest BCUT2D eigenvalue weighted by Crippen LogP contribution is 2.15. The molecule has 0 bridgehead atoms. The summed E-state index contributed by atoms with van der Waals surface area (Å²) in [5, 5.41) is 14.5. The first-order chi connectivity index (χ1) is 9.97. The fourth-order valence-electron chi connectivity index (χ4n) is 1.97. The van der Waals surface area contributed by atoms with Gasteiger partial charge in [-0.25, -0.2) is 9.59 Å². The number of methoxy groups -OCH3 is 1. The minimum atomic E-state index is -1.22. The maximum atomic E-state index is 11.9. The normalized spacial score (nSPS) is 10.8. The Kier molecular flexibility index (Phi) is 6.02. The number of benzene rings is 1. The van der Waals surface area contributed by atoms with Gasteiger partial charge in [0.25, 0.3) is 0 Å². The Labute approximate surface area is 124 Å². The average Bonchev–Trinajstić information content (AvgIpc) is 2.50. The van der Waals surface area contributed by atoms with Gasteiger partial charge in [0, 0.05) is 6.54 Å². The third-order valence-electron chi connectivity index (χ3n) is 3.58. The first-order valence-electron chi connectivity index (χ1n) is 6.89. The Morgan fingerprint density at radius 2 is 1.76 bits per heavy atom. The number of carbonyl (C=O) groups is 2. The van der Waals surface area contributed by atoms with Crippen LogP contribution >= 0.6 is 0 Å². The van der Waals surface area contributed by atoms with E-state index in [1.165, 1.54) is 0 Å². The van der Waals surface area contributed by atoms with Crippen LogP contribution in [0.4, 0.5) is 4.79 Å². The van der Waals surface area contributed by atoms with Crippen molar-refractivity contribution in [2.45, 2.75) is 38.8 Å². The van der Waals surface area contributed by atoms with Crippen LogP contribution < -0.4 is 15.4 Å². The average molecular weight is 294 g/mol. The van der Waals surface area contributed by atoms with Gasteiger partial charge < -0.3 is 20.5 Å². The summed E-state index contributed by atoms with van der Waals surface area (Å²) in [5.74, 6) is -0.280. The number of ether oxygens (including phenoxy) is 1. The Balaban J connectivity index is 2.58. The van der Waals surface area contributed by atoms with Crippen molar-refractivity contribution < 1.29 is 19.4 Å².